The summed E-state index contributed by atoms with van der Waals surface area (Å²) in [5.41, 5.74) is 1.10. The highest BCUT2D eigenvalue weighted by molar-refractivity contribution is 6.30. The minimum Gasteiger partial charge on any atom is -0.490 e. The highest BCUT2D eigenvalue weighted by Crippen LogP contribution is 2.30. The lowest BCUT2D eigenvalue weighted by atomic mass is 10.2. The second-order valence-electron chi connectivity index (χ2n) is 5.78. The van der Waals surface area contributed by atoms with Gasteiger partial charge in [0.25, 0.3) is 0 Å². The van der Waals surface area contributed by atoms with E-state index in [4.69, 9.17) is 21.1 Å². The van der Waals surface area contributed by atoms with Crippen LogP contribution in [0.4, 0.5) is 5.69 Å². The molecule has 6 heteroatoms. The summed E-state index contributed by atoms with van der Waals surface area (Å²) >= 11 is 5.86. The Morgan fingerprint density at radius 2 is 1.84 bits per heavy atom. The molecule has 1 amide bonds. The normalized spacial score (nSPS) is 13.2. The van der Waals surface area contributed by atoms with Crippen LogP contribution in [0.3, 0.4) is 0 Å². The summed E-state index contributed by atoms with van der Waals surface area (Å²) in [6, 6.07) is 13.7. The number of carbonyl (C=O) groups excluding carboxylic acids is 2. The molecule has 5 nitrogen and oxygen atoms in total. The zero-order valence-electron chi connectivity index (χ0n) is 13.5. The molecule has 1 fully saturated rings. The first kappa shape index (κ1) is 17.3. The molecule has 0 aromatic heterocycles. The lowest BCUT2D eigenvalue weighted by Gasteiger charge is -2.08. The van der Waals surface area contributed by atoms with E-state index in [1.54, 1.807) is 48.5 Å². The summed E-state index contributed by atoms with van der Waals surface area (Å²) in [5.74, 6) is 0.367. The summed E-state index contributed by atoms with van der Waals surface area (Å²) in [6.07, 6.45) is 1.90. The van der Waals surface area contributed by atoms with Crippen molar-refractivity contribution in [2.45, 2.75) is 12.8 Å². The van der Waals surface area contributed by atoms with Crippen LogP contribution in [-0.2, 0) is 9.53 Å². The largest absolute Gasteiger partial charge is 0.490 e. The number of hydrogen-bond acceptors (Lipinski definition) is 4. The lowest BCUT2D eigenvalue weighted by molar-refractivity contribution is -0.117. The molecule has 3 rings (SSSR count). The molecule has 0 saturated heterocycles. The average Bonchev–Trinajstić information content (AvgIpc) is 3.44. The van der Waals surface area contributed by atoms with Crippen molar-refractivity contribution in [1.82, 2.24) is 0 Å². The average molecular weight is 360 g/mol. The first-order chi connectivity index (χ1) is 12.1. The second kappa shape index (κ2) is 8.03. The van der Waals surface area contributed by atoms with Crippen LogP contribution in [0.2, 0.25) is 5.02 Å². The van der Waals surface area contributed by atoms with E-state index in [0.717, 1.165) is 12.8 Å². The number of esters is 1. The SMILES string of the molecule is O=C(OCCOc1cccc(Cl)c1)c1ccc(NC(=O)C2CC2)cc1. The zero-order chi connectivity index (χ0) is 17.6. The molecule has 1 N–H and O–H groups in total. The molecule has 25 heavy (non-hydrogen) atoms. The van der Waals surface area contributed by atoms with Crippen molar-refractivity contribution in [3.63, 3.8) is 0 Å². The molecule has 0 spiro atoms. The van der Waals surface area contributed by atoms with Crippen molar-refractivity contribution in [2.24, 2.45) is 5.92 Å². The van der Waals surface area contributed by atoms with Crippen molar-refractivity contribution in [3.05, 3.63) is 59.1 Å². The Hall–Kier alpha value is -2.53. The number of amides is 1. The molecule has 0 bridgehead atoms. The van der Waals surface area contributed by atoms with Crippen molar-refractivity contribution in [1.29, 1.82) is 0 Å². The minimum atomic E-state index is -0.435. The summed E-state index contributed by atoms with van der Waals surface area (Å²) in [4.78, 5) is 23.7. The molecule has 2 aromatic rings. The van der Waals surface area contributed by atoms with E-state index in [1.807, 2.05) is 0 Å². The molecule has 1 aliphatic rings. The number of ether oxygens (including phenoxy) is 2. The maximum absolute atomic E-state index is 12.0. The summed E-state index contributed by atoms with van der Waals surface area (Å²) in [6.45, 7) is 0.368. The minimum absolute atomic E-state index is 0.0356. The molecule has 0 aliphatic heterocycles. The van der Waals surface area contributed by atoms with Gasteiger partial charge in [0.05, 0.1) is 5.56 Å². The third-order valence-corrected chi connectivity index (χ3v) is 3.95. The molecule has 2 aromatic carbocycles. The van der Waals surface area contributed by atoms with E-state index in [1.165, 1.54) is 0 Å². The predicted molar refractivity (Wildman–Crippen MR) is 95.0 cm³/mol. The number of hydrogen-bond donors (Lipinski definition) is 1. The van der Waals surface area contributed by atoms with Gasteiger partial charge in [0, 0.05) is 16.6 Å². The summed E-state index contributed by atoms with van der Waals surface area (Å²) in [7, 11) is 0. The van der Waals surface area contributed by atoms with Gasteiger partial charge in [-0.15, -0.1) is 0 Å². The molecule has 0 radical (unpaired) electrons. The van der Waals surface area contributed by atoms with Gasteiger partial charge in [-0.05, 0) is 55.3 Å². The number of rotatable bonds is 7. The van der Waals surface area contributed by atoms with Crippen molar-refractivity contribution in [3.8, 4) is 5.75 Å². The first-order valence-electron chi connectivity index (χ1n) is 8.08. The molecular weight excluding hydrogens is 342 g/mol. The van der Waals surface area contributed by atoms with Crippen LogP contribution in [-0.4, -0.2) is 25.1 Å². The van der Waals surface area contributed by atoms with Gasteiger partial charge < -0.3 is 14.8 Å². The molecule has 1 aliphatic carbocycles. The first-order valence-corrected chi connectivity index (χ1v) is 8.46. The number of nitrogens with one attached hydrogen (secondary N) is 1. The van der Waals surface area contributed by atoms with E-state index >= 15 is 0 Å². The molecular formula is C19H18ClNO4. The van der Waals surface area contributed by atoms with Crippen LogP contribution >= 0.6 is 11.6 Å². The van der Waals surface area contributed by atoms with Gasteiger partial charge in [0.2, 0.25) is 5.91 Å². The zero-order valence-corrected chi connectivity index (χ0v) is 14.3. The van der Waals surface area contributed by atoms with Gasteiger partial charge in [-0.1, -0.05) is 17.7 Å². The van der Waals surface area contributed by atoms with E-state index in [-0.39, 0.29) is 25.0 Å². The van der Waals surface area contributed by atoms with Crippen LogP contribution < -0.4 is 10.1 Å². The maximum atomic E-state index is 12.0. The van der Waals surface area contributed by atoms with Crippen molar-refractivity contribution in [2.75, 3.05) is 18.5 Å². The third-order valence-electron chi connectivity index (χ3n) is 3.72. The Labute approximate surface area is 150 Å². The topological polar surface area (TPSA) is 64.6 Å². The van der Waals surface area contributed by atoms with Gasteiger partial charge in [-0.25, -0.2) is 4.79 Å². The maximum Gasteiger partial charge on any atom is 0.338 e. The fraction of sp³-hybridized carbons (Fsp3) is 0.263. The van der Waals surface area contributed by atoms with Gasteiger partial charge in [0.15, 0.2) is 0 Å². The second-order valence-corrected chi connectivity index (χ2v) is 6.22. The number of anilines is 1. The van der Waals surface area contributed by atoms with Crippen LogP contribution in [0, 0.1) is 5.92 Å². The fourth-order valence-corrected chi connectivity index (χ4v) is 2.39. The summed E-state index contributed by atoms with van der Waals surface area (Å²) < 4.78 is 10.6. The van der Waals surface area contributed by atoms with Gasteiger partial charge in [0.1, 0.15) is 19.0 Å². The number of benzene rings is 2. The third kappa shape index (κ3) is 5.22. The summed E-state index contributed by atoms with van der Waals surface area (Å²) in [5, 5.41) is 3.41. The van der Waals surface area contributed by atoms with Crippen LogP contribution in [0.1, 0.15) is 23.2 Å². The van der Waals surface area contributed by atoms with Crippen LogP contribution in [0.25, 0.3) is 0 Å². The highest BCUT2D eigenvalue weighted by atomic mass is 35.5. The molecule has 0 unspecified atom stereocenters. The Kier molecular flexibility index (Phi) is 5.56. The number of carbonyl (C=O) groups is 2. The van der Waals surface area contributed by atoms with Gasteiger partial charge in [-0.3, -0.25) is 4.79 Å². The highest BCUT2D eigenvalue weighted by Gasteiger charge is 2.29. The Bertz CT molecular complexity index is 756. The van der Waals surface area contributed by atoms with Gasteiger partial charge >= 0.3 is 5.97 Å². The van der Waals surface area contributed by atoms with E-state index in [9.17, 15) is 9.59 Å². The lowest BCUT2D eigenvalue weighted by Crippen LogP contribution is -2.14. The standard InChI is InChI=1S/C19H18ClNO4/c20-15-2-1-3-17(12-15)24-10-11-25-19(23)14-6-8-16(9-7-14)21-18(22)13-4-5-13/h1-3,6-9,12-13H,4-5,10-11H2,(H,21,22). The molecule has 1 saturated carbocycles. The molecule has 130 valence electrons. The molecule has 0 heterocycles. The van der Waals surface area contributed by atoms with E-state index < -0.39 is 5.97 Å². The smallest absolute Gasteiger partial charge is 0.338 e. The Morgan fingerprint density at radius 1 is 1.08 bits per heavy atom. The predicted octanol–water partition coefficient (Wildman–Crippen LogP) is 3.92. The Balaban J connectivity index is 1.42. The van der Waals surface area contributed by atoms with E-state index in [0.29, 0.717) is 22.0 Å². The number of halogens is 1. The van der Waals surface area contributed by atoms with Crippen LogP contribution in [0.5, 0.6) is 5.75 Å². The van der Waals surface area contributed by atoms with Crippen molar-refractivity contribution < 1.29 is 19.1 Å². The van der Waals surface area contributed by atoms with Crippen molar-refractivity contribution >= 4 is 29.2 Å². The van der Waals surface area contributed by atoms with Crippen LogP contribution in [0.15, 0.2) is 48.5 Å². The van der Waals surface area contributed by atoms with E-state index in [2.05, 4.69) is 5.32 Å². The monoisotopic (exact) mass is 359 g/mol. The Morgan fingerprint density at radius 3 is 2.52 bits per heavy atom. The fourth-order valence-electron chi connectivity index (χ4n) is 2.21. The van der Waals surface area contributed by atoms with Gasteiger partial charge in [-0.2, -0.15) is 0 Å². The molecule has 0 atom stereocenters. The quantitative estimate of drug-likeness (QED) is 0.601.